The molecule has 0 aliphatic rings. The van der Waals surface area contributed by atoms with Crippen LogP contribution in [0.1, 0.15) is 16.7 Å². The van der Waals surface area contributed by atoms with Gasteiger partial charge in [0.15, 0.2) is 11.5 Å². The van der Waals surface area contributed by atoms with E-state index in [-0.39, 0.29) is 23.6 Å². The van der Waals surface area contributed by atoms with Crippen molar-refractivity contribution in [3.05, 3.63) is 97.0 Å². The Bertz CT molecular complexity index is 1370. The van der Waals surface area contributed by atoms with Gasteiger partial charge in [0, 0.05) is 27.7 Å². The fraction of sp³-hybridized carbons (Fsp3) is 0.120. The molecule has 0 saturated heterocycles. The molecule has 0 saturated carbocycles. The molecule has 3 aromatic rings. The lowest BCUT2D eigenvalue weighted by molar-refractivity contribution is -0.384. The molecule has 1 amide bonds. The molecule has 0 aromatic heterocycles. The number of rotatable bonds is 8. The summed E-state index contributed by atoms with van der Waals surface area (Å²) in [5, 5.41) is 24.1. The SMILES string of the molecule is COc1cc(/C=C(\C#N)C(=O)Nc2cc([N+](=O)[O-])ccc2C)ccc1OCc1ccc(Cl)cc1Cl. The van der Waals surface area contributed by atoms with E-state index in [9.17, 15) is 20.2 Å². The van der Waals surface area contributed by atoms with Crippen LogP contribution in [0.15, 0.2) is 60.2 Å². The smallest absolute Gasteiger partial charge is 0.271 e. The maximum Gasteiger partial charge on any atom is 0.271 e. The summed E-state index contributed by atoms with van der Waals surface area (Å²) in [5.74, 6) is 0.120. The first kappa shape index (κ1) is 25.6. The molecule has 0 spiro atoms. The Morgan fingerprint density at radius 3 is 2.57 bits per heavy atom. The first-order valence-corrected chi connectivity index (χ1v) is 10.9. The molecule has 0 atom stereocenters. The molecule has 0 aliphatic heterocycles. The Morgan fingerprint density at radius 2 is 1.91 bits per heavy atom. The van der Waals surface area contributed by atoms with Gasteiger partial charge in [-0.1, -0.05) is 41.4 Å². The minimum absolute atomic E-state index is 0.173. The number of nitrogens with one attached hydrogen (secondary N) is 1. The quantitative estimate of drug-likeness (QED) is 0.163. The fourth-order valence-electron chi connectivity index (χ4n) is 3.05. The van der Waals surface area contributed by atoms with Gasteiger partial charge in [0.1, 0.15) is 18.2 Å². The van der Waals surface area contributed by atoms with E-state index < -0.39 is 10.8 Å². The van der Waals surface area contributed by atoms with Crippen LogP contribution < -0.4 is 14.8 Å². The highest BCUT2D eigenvalue weighted by atomic mass is 35.5. The van der Waals surface area contributed by atoms with Gasteiger partial charge in [-0.25, -0.2) is 0 Å². The minimum Gasteiger partial charge on any atom is -0.493 e. The molecule has 0 unspecified atom stereocenters. The summed E-state index contributed by atoms with van der Waals surface area (Å²) in [7, 11) is 1.47. The number of carbonyl (C=O) groups is 1. The van der Waals surface area contributed by atoms with Gasteiger partial charge in [-0.15, -0.1) is 0 Å². The third-order valence-corrected chi connectivity index (χ3v) is 5.53. The number of nitriles is 1. The number of nitrogens with zero attached hydrogens (tertiary/aromatic N) is 2. The Kier molecular flexibility index (Phi) is 8.31. The van der Waals surface area contributed by atoms with Crippen molar-refractivity contribution in [3.63, 3.8) is 0 Å². The number of hydrogen-bond donors (Lipinski definition) is 1. The number of halogens is 2. The van der Waals surface area contributed by atoms with Gasteiger partial charge in [-0.2, -0.15) is 5.26 Å². The molecule has 3 rings (SSSR count). The van der Waals surface area contributed by atoms with Crippen molar-refractivity contribution < 1.29 is 19.2 Å². The largest absolute Gasteiger partial charge is 0.493 e. The molecule has 0 heterocycles. The van der Waals surface area contributed by atoms with Gasteiger partial charge in [-0.05, 0) is 48.4 Å². The van der Waals surface area contributed by atoms with Crippen LogP contribution in [0.5, 0.6) is 11.5 Å². The van der Waals surface area contributed by atoms with Crippen molar-refractivity contribution in [1.29, 1.82) is 5.26 Å². The maximum atomic E-state index is 12.7. The van der Waals surface area contributed by atoms with Gasteiger partial charge in [0.2, 0.25) is 0 Å². The number of nitro benzene ring substituents is 1. The highest BCUT2D eigenvalue weighted by Crippen LogP contribution is 2.31. The van der Waals surface area contributed by atoms with Crippen LogP contribution in [0.3, 0.4) is 0 Å². The average molecular weight is 512 g/mol. The van der Waals surface area contributed by atoms with E-state index in [2.05, 4.69) is 5.32 Å². The monoisotopic (exact) mass is 511 g/mol. The molecular weight excluding hydrogens is 493 g/mol. The van der Waals surface area contributed by atoms with E-state index in [4.69, 9.17) is 32.7 Å². The zero-order valence-corrected chi connectivity index (χ0v) is 20.2. The lowest BCUT2D eigenvalue weighted by Gasteiger charge is -2.12. The maximum absolute atomic E-state index is 12.7. The summed E-state index contributed by atoms with van der Waals surface area (Å²) in [6.45, 7) is 1.87. The highest BCUT2D eigenvalue weighted by molar-refractivity contribution is 6.35. The molecule has 0 bridgehead atoms. The second kappa shape index (κ2) is 11.4. The predicted octanol–water partition coefficient (Wildman–Crippen LogP) is 6.34. The van der Waals surface area contributed by atoms with Crippen molar-refractivity contribution in [2.75, 3.05) is 12.4 Å². The normalized spacial score (nSPS) is 10.9. The molecule has 10 heteroatoms. The third kappa shape index (κ3) is 6.51. The summed E-state index contributed by atoms with van der Waals surface area (Å²) in [5.41, 5.74) is 1.74. The Balaban J connectivity index is 1.79. The van der Waals surface area contributed by atoms with Gasteiger partial charge in [0.25, 0.3) is 11.6 Å². The number of nitro groups is 1. The lowest BCUT2D eigenvalue weighted by Crippen LogP contribution is -2.14. The topological polar surface area (TPSA) is 114 Å². The Morgan fingerprint density at radius 1 is 1.14 bits per heavy atom. The van der Waals surface area contributed by atoms with Gasteiger partial charge >= 0.3 is 0 Å². The second-order valence-corrected chi connectivity index (χ2v) is 8.16. The zero-order valence-electron chi connectivity index (χ0n) is 18.7. The number of carbonyl (C=O) groups excluding carboxylic acids is 1. The number of anilines is 1. The molecule has 0 radical (unpaired) electrons. The Labute approximate surface area is 211 Å². The van der Waals surface area contributed by atoms with E-state index in [1.54, 1.807) is 43.3 Å². The number of ether oxygens (including phenoxy) is 2. The van der Waals surface area contributed by atoms with Crippen LogP contribution >= 0.6 is 23.2 Å². The van der Waals surface area contributed by atoms with Crippen molar-refractivity contribution >= 4 is 46.6 Å². The van der Waals surface area contributed by atoms with Crippen LogP contribution in [-0.4, -0.2) is 17.9 Å². The van der Waals surface area contributed by atoms with Crippen LogP contribution in [0.2, 0.25) is 10.0 Å². The summed E-state index contributed by atoms with van der Waals surface area (Å²) in [6.07, 6.45) is 1.38. The molecule has 178 valence electrons. The van der Waals surface area contributed by atoms with Crippen molar-refractivity contribution in [2.45, 2.75) is 13.5 Å². The number of methoxy groups -OCH3 is 1. The second-order valence-electron chi connectivity index (χ2n) is 7.31. The van der Waals surface area contributed by atoms with Crippen LogP contribution in [0.25, 0.3) is 6.08 Å². The van der Waals surface area contributed by atoms with E-state index in [1.807, 2.05) is 6.07 Å². The molecule has 3 aromatic carbocycles. The Hall–Kier alpha value is -4.06. The van der Waals surface area contributed by atoms with Crippen LogP contribution in [0.4, 0.5) is 11.4 Å². The van der Waals surface area contributed by atoms with E-state index in [0.29, 0.717) is 32.7 Å². The lowest BCUT2D eigenvalue weighted by atomic mass is 10.1. The van der Waals surface area contributed by atoms with Crippen LogP contribution in [0, 0.1) is 28.4 Å². The molecule has 8 nitrogen and oxygen atoms in total. The number of non-ortho nitro benzene ring substituents is 1. The fourth-order valence-corrected chi connectivity index (χ4v) is 3.51. The van der Waals surface area contributed by atoms with Gasteiger partial charge in [-0.3, -0.25) is 14.9 Å². The molecule has 0 fully saturated rings. The zero-order chi connectivity index (χ0) is 25.5. The number of amides is 1. The average Bonchev–Trinajstić information content (AvgIpc) is 2.83. The van der Waals surface area contributed by atoms with E-state index in [0.717, 1.165) is 5.56 Å². The highest BCUT2D eigenvalue weighted by Gasteiger charge is 2.15. The van der Waals surface area contributed by atoms with Gasteiger partial charge in [0.05, 0.1) is 17.7 Å². The summed E-state index contributed by atoms with van der Waals surface area (Å²) in [6, 6.07) is 16.0. The van der Waals surface area contributed by atoms with Crippen LogP contribution in [-0.2, 0) is 11.4 Å². The first-order chi connectivity index (χ1) is 16.7. The van der Waals surface area contributed by atoms with E-state index >= 15 is 0 Å². The molecular formula is C25H19Cl2N3O5. The first-order valence-electron chi connectivity index (χ1n) is 10.1. The number of hydrogen-bond acceptors (Lipinski definition) is 6. The van der Waals surface area contributed by atoms with E-state index in [1.165, 1.54) is 31.4 Å². The summed E-state index contributed by atoms with van der Waals surface area (Å²) in [4.78, 5) is 23.1. The molecule has 0 aliphatic carbocycles. The third-order valence-electron chi connectivity index (χ3n) is 4.94. The summed E-state index contributed by atoms with van der Waals surface area (Å²) < 4.78 is 11.2. The van der Waals surface area contributed by atoms with Gasteiger partial charge < -0.3 is 14.8 Å². The van der Waals surface area contributed by atoms with Crippen molar-refractivity contribution in [1.82, 2.24) is 0 Å². The minimum atomic E-state index is -0.701. The van der Waals surface area contributed by atoms with Crippen molar-refractivity contribution in [3.8, 4) is 17.6 Å². The number of benzene rings is 3. The van der Waals surface area contributed by atoms with Crippen molar-refractivity contribution in [2.24, 2.45) is 0 Å². The molecule has 35 heavy (non-hydrogen) atoms. The standard InChI is InChI=1S/C25H19Cl2N3O5/c1-15-3-7-20(30(32)33)12-22(15)29-25(31)18(13-28)9-16-4-8-23(24(10-16)34-2)35-14-17-5-6-19(26)11-21(17)27/h3-12H,14H2,1-2H3,(H,29,31)/b18-9+. The number of aryl methyl sites for hydroxylation is 1. The molecule has 1 N–H and O–H groups in total. The summed E-state index contributed by atoms with van der Waals surface area (Å²) >= 11 is 12.1. The predicted molar refractivity (Wildman–Crippen MR) is 134 cm³/mol.